The van der Waals surface area contributed by atoms with Crippen LogP contribution in [0.1, 0.15) is 43.4 Å². The molecule has 0 saturated carbocycles. The lowest BCUT2D eigenvalue weighted by Gasteiger charge is -2.11. The molecule has 2 N–H and O–H groups in total. The number of benzene rings is 2. The van der Waals surface area contributed by atoms with Crippen LogP contribution in [-0.2, 0) is 9.59 Å². The van der Waals surface area contributed by atoms with E-state index in [2.05, 4.69) is 15.8 Å². The molecule has 0 atom stereocenters. The Morgan fingerprint density at radius 2 is 1.59 bits per heavy atom. The topological polar surface area (TPSA) is 70.6 Å². The van der Waals surface area contributed by atoms with Gasteiger partial charge in [-0.25, -0.2) is 5.43 Å². The maximum atomic E-state index is 12.1. The molecule has 0 aliphatic carbocycles. The summed E-state index contributed by atoms with van der Waals surface area (Å²) in [5.74, 6) is -0.301. The average molecular weight is 365 g/mol. The van der Waals surface area contributed by atoms with Gasteiger partial charge in [0.2, 0.25) is 11.8 Å². The summed E-state index contributed by atoms with van der Waals surface area (Å²) in [5.41, 5.74) is 7.38. The van der Waals surface area contributed by atoms with Gasteiger partial charge in [-0.15, -0.1) is 0 Å². The fourth-order valence-corrected chi connectivity index (χ4v) is 2.58. The van der Waals surface area contributed by atoms with E-state index in [0.717, 1.165) is 22.5 Å². The summed E-state index contributed by atoms with van der Waals surface area (Å²) in [7, 11) is 0. The van der Waals surface area contributed by atoms with Crippen molar-refractivity contribution < 1.29 is 9.59 Å². The Kier molecular flexibility index (Phi) is 7.29. The number of carbonyl (C=O) groups excluding carboxylic acids is 2. The molecule has 0 heterocycles. The minimum Gasteiger partial charge on any atom is -0.326 e. The number of hydrazone groups is 1. The van der Waals surface area contributed by atoms with Crippen LogP contribution in [0.4, 0.5) is 5.69 Å². The fourth-order valence-electron chi connectivity index (χ4n) is 2.58. The number of carbonyl (C=O) groups is 2. The molecule has 5 nitrogen and oxygen atoms in total. The Labute approximate surface area is 160 Å². The van der Waals surface area contributed by atoms with E-state index in [9.17, 15) is 9.59 Å². The highest BCUT2D eigenvalue weighted by molar-refractivity contribution is 6.02. The second-order valence-corrected chi connectivity index (χ2v) is 6.90. The molecule has 142 valence electrons. The van der Waals surface area contributed by atoms with E-state index in [1.165, 1.54) is 5.56 Å². The van der Waals surface area contributed by atoms with Gasteiger partial charge < -0.3 is 5.32 Å². The molecule has 0 aliphatic rings. The zero-order valence-electron chi connectivity index (χ0n) is 16.4. The summed E-state index contributed by atoms with van der Waals surface area (Å²) in [4.78, 5) is 24.1. The third-order valence-electron chi connectivity index (χ3n) is 4.29. The Morgan fingerprint density at radius 1 is 0.926 bits per heavy atom. The Balaban J connectivity index is 1.87. The lowest BCUT2D eigenvalue weighted by atomic mass is 10.0. The third-order valence-corrected chi connectivity index (χ3v) is 4.29. The molecule has 2 aromatic carbocycles. The van der Waals surface area contributed by atoms with Gasteiger partial charge in [0.15, 0.2) is 0 Å². The van der Waals surface area contributed by atoms with Crippen LogP contribution < -0.4 is 10.7 Å². The molecular weight excluding hydrogens is 338 g/mol. The summed E-state index contributed by atoms with van der Waals surface area (Å²) in [6.07, 6.45) is 0.191. The third kappa shape index (κ3) is 6.37. The van der Waals surface area contributed by atoms with Crippen LogP contribution in [-0.4, -0.2) is 17.5 Å². The van der Waals surface area contributed by atoms with E-state index in [4.69, 9.17) is 0 Å². The maximum Gasteiger partial charge on any atom is 0.240 e. The first kappa shape index (κ1) is 20.4. The summed E-state index contributed by atoms with van der Waals surface area (Å²) in [5, 5.41) is 7.08. The number of rotatable bonds is 7. The molecule has 2 rings (SSSR count). The van der Waals surface area contributed by atoms with Crippen molar-refractivity contribution in [1.29, 1.82) is 0 Å². The Morgan fingerprint density at radius 3 is 2.22 bits per heavy atom. The lowest BCUT2D eigenvalue weighted by molar-refractivity contribution is -0.124. The summed E-state index contributed by atoms with van der Waals surface area (Å²) < 4.78 is 0. The number of nitrogens with one attached hydrogen (secondary N) is 2. The molecule has 0 aromatic heterocycles. The maximum absolute atomic E-state index is 12.1. The van der Waals surface area contributed by atoms with E-state index in [1.54, 1.807) is 0 Å². The molecule has 0 saturated heterocycles. The molecule has 0 bridgehead atoms. The monoisotopic (exact) mass is 365 g/mol. The number of hydrogen-bond acceptors (Lipinski definition) is 3. The first-order valence-electron chi connectivity index (χ1n) is 9.15. The van der Waals surface area contributed by atoms with E-state index >= 15 is 0 Å². The highest BCUT2D eigenvalue weighted by Crippen LogP contribution is 2.14. The minimum absolute atomic E-state index is 0.0837. The van der Waals surface area contributed by atoms with E-state index < -0.39 is 0 Å². The zero-order chi connectivity index (χ0) is 19.8. The summed E-state index contributed by atoms with van der Waals surface area (Å²) >= 11 is 0. The van der Waals surface area contributed by atoms with Crippen molar-refractivity contribution in [1.82, 2.24) is 5.43 Å². The van der Waals surface area contributed by atoms with Crippen LogP contribution in [0, 0.1) is 19.8 Å². The van der Waals surface area contributed by atoms with Gasteiger partial charge in [0.05, 0.1) is 5.71 Å². The minimum atomic E-state index is -0.278. The quantitative estimate of drug-likeness (QED) is 0.570. The van der Waals surface area contributed by atoms with Crippen LogP contribution in [0.2, 0.25) is 0 Å². The smallest absolute Gasteiger partial charge is 0.240 e. The fraction of sp³-hybridized carbons (Fsp3) is 0.318. The van der Waals surface area contributed by atoms with Gasteiger partial charge in [-0.1, -0.05) is 50.2 Å². The van der Waals surface area contributed by atoms with Crippen molar-refractivity contribution in [3.8, 4) is 0 Å². The number of amides is 2. The van der Waals surface area contributed by atoms with Crippen molar-refractivity contribution >= 4 is 23.2 Å². The number of anilines is 1. The summed E-state index contributed by atoms with van der Waals surface area (Å²) in [6.45, 7) is 8.06. The predicted octanol–water partition coefficient (Wildman–Crippen LogP) is 4.20. The van der Waals surface area contributed by atoms with Crippen LogP contribution in [0.15, 0.2) is 53.6 Å². The lowest BCUT2D eigenvalue weighted by Crippen LogP contribution is -2.23. The van der Waals surface area contributed by atoms with Crippen molar-refractivity contribution in [3.63, 3.8) is 0 Å². The van der Waals surface area contributed by atoms with Gasteiger partial charge >= 0.3 is 0 Å². The first-order valence-corrected chi connectivity index (χ1v) is 9.15. The first-order chi connectivity index (χ1) is 12.9. The SMILES string of the molecule is Cc1ccc(NC(=O)CCC(=O)NN=C(c2ccccc2)C(C)C)cc1C. The number of aryl methyl sites for hydroxylation is 2. The average Bonchev–Trinajstić information content (AvgIpc) is 2.64. The zero-order valence-corrected chi connectivity index (χ0v) is 16.4. The van der Waals surface area contributed by atoms with Gasteiger partial charge in [-0.2, -0.15) is 5.10 Å². The molecule has 0 unspecified atom stereocenters. The summed E-state index contributed by atoms with van der Waals surface area (Å²) in [6, 6.07) is 15.5. The van der Waals surface area contributed by atoms with Gasteiger partial charge in [-0.05, 0) is 48.6 Å². The normalized spacial score (nSPS) is 11.4. The van der Waals surface area contributed by atoms with Crippen LogP contribution in [0.25, 0.3) is 0 Å². The molecule has 0 aliphatic heterocycles. The Hall–Kier alpha value is -2.95. The predicted molar refractivity (Wildman–Crippen MR) is 110 cm³/mol. The van der Waals surface area contributed by atoms with Gasteiger partial charge in [0, 0.05) is 18.5 Å². The number of nitrogens with zero attached hydrogens (tertiary/aromatic N) is 1. The molecule has 27 heavy (non-hydrogen) atoms. The van der Waals surface area contributed by atoms with E-state index in [-0.39, 0.29) is 30.6 Å². The van der Waals surface area contributed by atoms with Gasteiger partial charge in [0.1, 0.15) is 0 Å². The van der Waals surface area contributed by atoms with E-state index in [1.807, 2.05) is 76.2 Å². The van der Waals surface area contributed by atoms with Gasteiger partial charge in [-0.3, -0.25) is 9.59 Å². The number of hydrogen-bond donors (Lipinski definition) is 2. The van der Waals surface area contributed by atoms with Crippen LogP contribution >= 0.6 is 0 Å². The molecule has 0 radical (unpaired) electrons. The van der Waals surface area contributed by atoms with Crippen LogP contribution in [0.5, 0.6) is 0 Å². The van der Waals surface area contributed by atoms with Crippen molar-refractivity contribution in [2.75, 3.05) is 5.32 Å². The Bertz CT molecular complexity index is 827. The molecule has 2 amide bonds. The second-order valence-electron chi connectivity index (χ2n) is 6.90. The van der Waals surface area contributed by atoms with Crippen LogP contribution in [0.3, 0.4) is 0 Å². The molecular formula is C22H27N3O2. The molecule has 2 aromatic rings. The molecule has 5 heteroatoms. The highest BCUT2D eigenvalue weighted by atomic mass is 16.2. The van der Waals surface area contributed by atoms with Crippen molar-refractivity contribution in [2.45, 2.75) is 40.5 Å². The van der Waals surface area contributed by atoms with Crippen molar-refractivity contribution in [3.05, 3.63) is 65.2 Å². The van der Waals surface area contributed by atoms with Gasteiger partial charge in [0.25, 0.3) is 0 Å². The second kappa shape index (κ2) is 9.67. The van der Waals surface area contributed by atoms with E-state index in [0.29, 0.717) is 0 Å². The molecule has 0 spiro atoms. The molecule has 0 fully saturated rings. The largest absolute Gasteiger partial charge is 0.326 e. The standard InChI is InChI=1S/C22H27N3O2/c1-15(2)22(18-8-6-5-7-9-18)25-24-21(27)13-12-20(26)23-19-11-10-16(3)17(4)14-19/h5-11,14-15H,12-13H2,1-4H3,(H,23,26)(H,24,27). The van der Waals surface area contributed by atoms with Crippen molar-refractivity contribution in [2.24, 2.45) is 11.0 Å². The highest BCUT2D eigenvalue weighted by Gasteiger charge is 2.11.